The van der Waals surface area contributed by atoms with Crippen LogP contribution in [-0.4, -0.2) is 70.7 Å². The molecule has 5 atom stereocenters. The highest BCUT2D eigenvalue weighted by molar-refractivity contribution is 5.91. The number of nitrogens with zero attached hydrogens (tertiary/aromatic N) is 1. The second kappa shape index (κ2) is 10.3. The third kappa shape index (κ3) is 6.37. The van der Waals surface area contributed by atoms with E-state index in [1.807, 2.05) is 0 Å². The van der Waals surface area contributed by atoms with Crippen LogP contribution in [-0.2, 0) is 19.1 Å². The van der Waals surface area contributed by atoms with Gasteiger partial charge in [-0.3, -0.25) is 14.4 Å². The summed E-state index contributed by atoms with van der Waals surface area (Å²) in [5, 5.41) is 15.6. The first-order valence-corrected chi connectivity index (χ1v) is 12.0. The Balaban J connectivity index is 1.67. The minimum absolute atomic E-state index is 0.0190. The van der Waals surface area contributed by atoms with Gasteiger partial charge in [0.1, 0.15) is 18.2 Å². The molecule has 10 nitrogen and oxygen atoms in total. The first-order valence-electron chi connectivity index (χ1n) is 12.0. The maximum Gasteiger partial charge on any atom is 0.408 e. The third-order valence-corrected chi connectivity index (χ3v) is 7.07. The molecule has 4 amide bonds. The monoisotopic (exact) mass is 466 g/mol. The number of primary amides is 1. The molecule has 2 saturated carbocycles. The first-order chi connectivity index (χ1) is 15.5. The zero-order valence-electron chi connectivity index (χ0n) is 19.8. The second-order valence-electron chi connectivity index (χ2n) is 10.7. The lowest BCUT2D eigenvalue weighted by atomic mass is 9.79. The summed E-state index contributed by atoms with van der Waals surface area (Å²) in [6.45, 7) is 5.38. The Morgan fingerprint density at radius 2 is 1.79 bits per heavy atom. The van der Waals surface area contributed by atoms with E-state index in [2.05, 4.69) is 10.6 Å². The highest BCUT2D eigenvalue weighted by atomic mass is 16.6. The summed E-state index contributed by atoms with van der Waals surface area (Å²) < 4.78 is 5.18. The minimum atomic E-state index is -1.48. The number of nitrogens with one attached hydrogen (secondary N) is 2. The lowest BCUT2D eigenvalue weighted by molar-refractivity contribution is -0.140. The maximum atomic E-state index is 13.4. The molecule has 10 heteroatoms. The number of fused-ring (bicyclic) bond motifs is 1. The van der Waals surface area contributed by atoms with Crippen molar-refractivity contribution in [2.45, 2.75) is 89.5 Å². The molecule has 1 aliphatic heterocycles. The normalized spacial score (nSPS) is 26.7. The lowest BCUT2D eigenvalue weighted by Gasteiger charge is -2.34. The van der Waals surface area contributed by atoms with Crippen LogP contribution in [0.15, 0.2) is 0 Å². The predicted molar refractivity (Wildman–Crippen MR) is 120 cm³/mol. The largest absolute Gasteiger partial charge is 0.444 e. The van der Waals surface area contributed by atoms with E-state index in [4.69, 9.17) is 10.5 Å². The van der Waals surface area contributed by atoms with Crippen molar-refractivity contribution in [2.75, 3.05) is 13.1 Å². The van der Waals surface area contributed by atoms with Gasteiger partial charge in [-0.05, 0) is 57.8 Å². The predicted octanol–water partition coefficient (Wildman–Crippen LogP) is 0.659. The summed E-state index contributed by atoms with van der Waals surface area (Å²) in [5.41, 5.74) is 4.63. The molecule has 3 rings (SSSR count). The van der Waals surface area contributed by atoms with Crippen LogP contribution in [0.3, 0.4) is 0 Å². The number of ether oxygens (including phenoxy) is 1. The van der Waals surface area contributed by atoms with Gasteiger partial charge in [-0.2, -0.15) is 0 Å². The number of carbonyl (C=O) groups excluding carboxylic acids is 4. The molecule has 0 spiro atoms. The van der Waals surface area contributed by atoms with Gasteiger partial charge in [0.25, 0.3) is 0 Å². The molecule has 1 heterocycles. The van der Waals surface area contributed by atoms with Gasteiger partial charge >= 0.3 is 6.09 Å². The van der Waals surface area contributed by atoms with Gasteiger partial charge in [-0.25, -0.2) is 4.79 Å². The summed E-state index contributed by atoms with van der Waals surface area (Å²) in [6, 6.07) is -1.48. The van der Waals surface area contributed by atoms with Crippen molar-refractivity contribution in [3.63, 3.8) is 0 Å². The Hall–Kier alpha value is -2.36. The van der Waals surface area contributed by atoms with E-state index in [0.717, 1.165) is 38.5 Å². The molecule has 5 N–H and O–H groups in total. The third-order valence-electron chi connectivity index (χ3n) is 7.07. The van der Waals surface area contributed by atoms with Crippen LogP contribution in [0.4, 0.5) is 4.79 Å². The molecular formula is C23H38N4O6. The summed E-state index contributed by atoms with van der Waals surface area (Å²) >= 11 is 0. The first kappa shape index (κ1) is 25.3. The van der Waals surface area contributed by atoms with Gasteiger partial charge in [0, 0.05) is 6.54 Å². The molecule has 0 bridgehead atoms. The topological polar surface area (TPSA) is 151 Å². The van der Waals surface area contributed by atoms with Crippen molar-refractivity contribution in [2.24, 2.45) is 23.5 Å². The summed E-state index contributed by atoms with van der Waals surface area (Å²) in [6.07, 6.45) is 4.15. The molecule has 2 unspecified atom stereocenters. The minimum Gasteiger partial charge on any atom is -0.444 e. The number of likely N-dealkylation sites (tertiary alicyclic amines) is 1. The van der Waals surface area contributed by atoms with Crippen LogP contribution in [0, 0.1) is 17.8 Å². The Labute approximate surface area is 195 Å². The number of amides is 4. The zero-order valence-corrected chi connectivity index (χ0v) is 19.8. The molecule has 3 aliphatic rings. The fourth-order valence-electron chi connectivity index (χ4n) is 5.28. The summed E-state index contributed by atoms with van der Waals surface area (Å²) in [7, 11) is 0. The molecule has 33 heavy (non-hydrogen) atoms. The van der Waals surface area contributed by atoms with E-state index in [1.54, 1.807) is 20.8 Å². The number of carbonyl (C=O) groups is 4. The Kier molecular flexibility index (Phi) is 7.87. The number of alkyl carbamates (subject to hydrolysis) is 1. The average Bonchev–Trinajstić information content (AvgIpc) is 3.26. The van der Waals surface area contributed by atoms with Crippen LogP contribution in [0.5, 0.6) is 0 Å². The molecule has 1 saturated heterocycles. The number of hydrogen-bond donors (Lipinski definition) is 4. The second-order valence-corrected chi connectivity index (χ2v) is 10.7. The van der Waals surface area contributed by atoms with E-state index in [-0.39, 0.29) is 30.2 Å². The highest BCUT2D eigenvalue weighted by Gasteiger charge is 2.50. The number of nitrogens with two attached hydrogens (primary N) is 1. The van der Waals surface area contributed by atoms with E-state index >= 15 is 0 Å². The summed E-state index contributed by atoms with van der Waals surface area (Å²) in [5.74, 6) is -1.04. The number of rotatable bonds is 8. The smallest absolute Gasteiger partial charge is 0.408 e. The van der Waals surface area contributed by atoms with Crippen molar-refractivity contribution in [3.05, 3.63) is 0 Å². The van der Waals surface area contributed by atoms with Gasteiger partial charge < -0.3 is 31.1 Å². The fraction of sp³-hybridized carbons (Fsp3) is 0.826. The quantitative estimate of drug-likeness (QED) is 0.412. The fourth-order valence-corrected chi connectivity index (χ4v) is 5.28. The SMILES string of the molecule is CC(C)(C)OC(=O)NCC(=O)N1C[C@@H]2CCC[C@@H]2[C@H]1C(=O)NC(CC1CCC1)C(O)C(N)=O. The van der Waals surface area contributed by atoms with Gasteiger partial charge in [-0.1, -0.05) is 25.7 Å². The van der Waals surface area contributed by atoms with Crippen LogP contribution >= 0.6 is 0 Å². The van der Waals surface area contributed by atoms with Crippen molar-refractivity contribution < 1.29 is 29.0 Å². The number of aliphatic hydroxyl groups excluding tert-OH is 1. The van der Waals surface area contributed by atoms with E-state index in [0.29, 0.717) is 18.9 Å². The summed E-state index contributed by atoms with van der Waals surface area (Å²) in [4.78, 5) is 51.5. The highest BCUT2D eigenvalue weighted by Crippen LogP contribution is 2.42. The molecule has 3 fully saturated rings. The van der Waals surface area contributed by atoms with E-state index in [1.165, 1.54) is 4.90 Å². The molecule has 0 aromatic rings. The van der Waals surface area contributed by atoms with Crippen molar-refractivity contribution in [3.8, 4) is 0 Å². The van der Waals surface area contributed by atoms with Crippen molar-refractivity contribution in [1.82, 2.24) is 15.5 Å². The van der Waals surface area contributed by atoms with E-state index < -0.39 is 35.8 Å². The van der Waals surface area contributed by atoms with Crippen LogP contribution in [0.25, 0.3) is 0 Å². The standard InChI is InChI=1S/C23H38N4O6/c1-23(2,3)33-22(32)25-11-17(28)27-12-14-8-5-9-15(14)18(27)21(31)26-16(19(29)20(24)30)10-13-6-4-7-13/h13-16,18-19,29H,4-12H2,1-3H3,(H2,24,30)(H,25,32)(H,26,31)/t14-,15-,16?,18-,19?/m0/s1. The van der Waals surface area contributed by atoms with Gasteiger partial charge in [0.15, 0.2) is 6.10 Å². The lowest BCUT2D eigenvalue weighted by Crippen LogP contribution is -2.57. The zero-order chi connectivity index (χ0) is 24.3. The average molecular weight is 467 g/mol. The number of hydrogen-bond acceptors (Lipinski definition) is 6. The van der Waals surface area contributed by atoms with Gasteiger partial charge in [-0.15, -0.1) is 0 Å². The van der Waals surface area contributed by atoms with Crippen LogP contribution in [0.1, 0.15) is 65.7 Å². The van der Waals surface area contributed by atoms with Crippen molar-refractivity contribution in [1.29, 1.82) is 0 Å². The Morgan fingerprint density at radius 3 is 2.36 bits per heavy atom. The number of aliphatic hydroxyl groups is 1. The maximum absolute atomic E-state index is 13.4. The molecule has 0 radical (unpaired) electrons. The molecule has 0 aromatic heterocycles. The Bertz CT molecular complexity index is 763. The molecular weight excluding hydrogens is 428 g/mol. The molecule has 0 aromatic carbocycles. The molecule has 2 aliphatic carbocycles. The van der Waals surface area contributed by atoms with Crippen LogP contribution in [0.2, 0.25) is 0 Å². The van der Waals surface area contributed by atoms with Gasteiger partial charge in [0.2, 0.25) is 17.7 Å². The molecule has 186 valence electrons. The van der Waals surface area contributed by atoms with Gasteiger partial charge in [0.05, 0.1) is 6.04 Å². The van der Waals surface area contributed by atoms with Crippen molar-refractivity contribution >= 4 is 23.8 Å². The van der Waals surface area contributed by atoms with E-state index in [9.17, 15) is 24.3 Å². The Morgan fingerprint density at radius 1 is 1.12 bits per heavy atom. The van der Waals surface area contributed by atoms with Crippen LogP contribution < -0.4 is 16.4 Å².